The topological polar surface area (TPSA) is 72.9 Å². The molecule has 21 heavy (non-hydrogen) atoms. The fraction of sp³-hybridized carbons (Fsp3) is 0.467. The number of aliphatic carboxylic acids is 1. The number of hydrogen-bond donors (Lipinski definition) is 2. The molecule has 1 unspecified atom stereocenters. The molecule has 6 heteroatoms. The average molecular weight is 289 g/mol. The van der Waals surface area contributed by atoms with Crippen molar-refractivity contribution in [1.82, 2.24) is 10.2 Å². The third kappa shape index (κ3) is 2.58. The van der Waals surface area contributed by atoms with Gasteiger partial charge in [-0.25, -0.2) is 4.79 Å². The lowest BCUT2D eigenvalue weighted by Crippen LogP contribution is -2.44. The number of carboxylic acids is 1. The van der Waals surface area contributed by atoms with Crippen LogP contribution in [0.1, 0.15) is 17.9 Å². The summed E-state index contributed by atoms with van der Waals surface area (Å²) in [6, 6.07) is 7.19. The molecule has 6 nitrogen and oxygen atoms in total. The highest BCUT2D eigenvalue weighted by molar-refractivity contribution is 5.98. The number of amides is 2. The van der Waals surface area contributed by atoms with Crippen LogP contribution < -0.4 is 10.2 Å². The summed E-state index contributed by atoms with van der Waals surface area (Å²) < 4.78 is 0. The molecule has 0 bridgehead atoms. The molecule has 1 fully saturated rings. The molecule has 1 aromatic rings. The Bertz CT molecular complexity index is 553. The molecule has 1 aromatic carbocycles. The molecule has 0 radical (unpaired) electrons. The van der Waals surface area contributed by atoms with E-state index in [1.807, 2.05) is 18.2 Å². The van der Waals surface area contributed by atoms with Gasteiger partial charge >= 0.3 is 12.0 Å². The van der Waals surface area contributed by atoms with Crippen LogP contribution in [0.15, 0.2) is 24.3 Å². The molecule has 0 aromatic heterocycles. The van der Waals surface area contributed by atoms with Crippen LogP contribution >= 0.6 is 0 Å². The second-order valence-electron chi connectivity index (χ2n) is 5.43. The van der Waals surface area contributed by atoms with Crippen molar-refractivity contribution in [3.63, 3.8) is 0 Å². The molecule has 2 amide bonds. The van der Waals surface area contributed by atoms with Crippen LogP contribution in [0, 0.1) is 0 Å². The number of hydrogen-bond acceptors (Lipinski definition) is 3. The van der Waals surface area contributed by atoms with E-state index in [-0.39, 0.29) is 12.6 Å². The zero-order valence-corrected chi connectivity index (χ0v) is 11.8. The highest BCUT2D eigenvalue weighted by Crippen LogP contribution is 2.36. The van der Waals surface area contributed by atoms with Crippen LogP contribution in [0.5, 0.6) is 0 Å². The van der Waals surface area contributed by atoms with Gasteiger partial charge in [-0.1, -0.05) is 18.2 Å². The number of carbonyl (C=O) groups is 2. The molecule has 1 saturated heterocycles. The minimum absolute atomic E-state index is 0.0881. The van der Waals surface area contributed by atoms with Crippen LogP contribution in [0.2, 0.25) is 0 Å². The number of carbonyl (C=O) groups excluding carboxylic acids is 1. The predicted molar refractivity (Wildman–Crippen MR) is 78.6 cm³/mol. The summed E-state index contributed by atoms with van der Waals surface area (Å²) in [6.07, 6.45) is 0.920. The summed E-state index contributed by atoms with van der Waals surface area (Å²) in [7, 11) is 0. The van der Waals surface area contributed by atoms with E-state index in [0.29, 0.717) is 13.1 Å². The maximum absolute atomic E-state index is 12.7. The van der Waals surface area contributed by atoms with Gasteiger partial charge in [-0.3, -0.25) is 9.69 Å². The second-order valence-corrected chi connectivity index (χ2v) is 5.43. The molecule has 112 valence electrons. The molecule has 1 atom stereocenters. The number of nitrogens with zero attached hydrogens (tertiary/aromatic N) is 2. The van der Waals surface area contributed by atoms with Gasteiger partial charge < -0.3 is 15.3 Å². The third-order valence-corrected chi connectivity index (χ3v) is 4.11. The zero-order valence-electron chi connectivity index (χ0n) is 11.8. The summed E-state index contributed by atoms with van der Waals surface area (Å²) in [5.41, 5.74) is 1.46. The molecular formula is C15H19N3O3. The van der Waals surface area contributed by atoms with E-state index in [1.165, 1.54) is 0 Å². The van der Waals surface area contributed by atoms with Gasteiger partial charge in [0, 0.05) is 31.9 Å². The number of para-hydroxylation sites is 1. The first-order chi connectivity index (χ1) is 10.2. The van der Waals surface area contributed by atoms with Crippen molar-refractivity contribution in [3.8, 4) is 0 Å². The Morgan fingerprint density at radius 1 is 1.19 bits per heavy atom. The van der Waals surface area contributed by atoms with Crippen molar-refractivity contribution in [1.29, 1.82) is 0 Å². The molecule has 2 aliphatic rings. The predicted octanol–water partition coefficient (Wildman–Crippen LogP) is 1.09. The van der Waals surface area contributed by atoms with E-state index in [1.54, 1.807) is 15.9 Å². The summed E-state index contributed by atoms with van der Waals surface area (Å²) >= 11 is 0. The first kappa shape index (κ1) is 13.9. The standard InChI is InChI=1S/C15H19N3O3/c19-14(20)12-10-18(13-5-2-1-4-11(12)13)15(21)17-8-3-6-16-7-9-17/h1-2,4-5,12,16H,3,6-10H2,(H,19,20). The van der Waals surface area contributed by atoms with Crippen molar-refractivity contribution < 1.29 is 14.7 Å². The van der Waals surface area contributed by atoms with Crippen molar-refractivity contribution >= 4 is 17.7 Å². The fourth-order valence-corrected chi connectivity index (χ4v) is 3.01. The maximum Gasteiger partial charge on any atom is 0.324 e. The Hall–Kier alpha value is -2.08. The highest BCUT2D eigenvalue weighted by atomic mass is 16.4. The normalized spacial score (nSPS) is 21.8. The van der Waals surface area contributed by atoms with E-state index < -0.39 is 11.9 Å². The van der Waals surface area contributed by atoms with Crippen molar-refractivity contribution in [3.05, 3.63) is 29.8 Å². The summed E-state index contributed by atoms with van der Waals surface area (Å²) in [6.45, 7) is 3.29. The van der Waals surface area contributed by atoms with Crippen molar-refractivity contribution in [2.75, 3.05) is 37.6 Å². The number of fused-ring (bicyclic) bond motifs is 1. The summed E-state index contributed by atoms with van der Waals surface area (Å²) in [4.78, 5) is 27.5. The maximum atomic E-state index is 12.7. The average Bonchev–Trinajstić information content (AvgIpc) is 2.67. The molecular weight excluding hydrogens is 270 g/mol. The van der Waals surface area contributed by atoms with Crippen molar-refractivity contribution in [2.45, 2.75) is 12.3 Å². The van der Waals surface area contributed by atoms with Gasteiger partial charge in [-0.2, -0.15) is 0 Å². The Balaban J connectivity index is 1.85. The van der Waals surface area contributed by atoms with Crippen LogP contribution in [0.3, 0.4) is 0 Å². The first-order valence-corrected chi connectivity index (χ1v) is 7.27. The van der Waals surface area contributed by atoms with Crippen LogP contribution in [-0.4, -0.2) is 54.7 Å². The number of benzene rings is 1. The van der Waals surface area contributed by atoms with Gasteiger partial charge in [-0.15, -0.1) is 0 Å². The Labute approximate surface area is 123 Å². The van der Waals surface area contributed by atoms with Crippen molar-refractivity contribution in [2.24, 2.45) is 0 Å². The lowest BCUT2D eigenvalue weighted by Gasteiger charge is -2.27. The lowest BCUT2D eigenvalue weighted by molar-refractivity contribution is -0.138. The Morgan fingerprint density at radius 2 is 2.00 bits per heavy atom. The quantitative estimate of drug-likeness (QED) is 0.812. The van der Waals surface area contributed by atoms with Gasteiger partial charge in [0.25, 0.3) is 0 Å². The van der Waals surface area contributed by atoms with Crippen LogP contribution in [0.25, 0.3) is 0 Å². The van der Waals surface area contributed by atoms with Gasteiger partial charge in [0.05, 0.1) is 0 Å². The highest BCUT2D eigenvalue weighted by Gasteiger charge is 2.37. The van der Waals surface area contributed by atoms with E-state index in [0.717, 1.165) is 30.8 Å². The van der Waals surface area contributed by atoms with E-state index >= 15 is 0 Å². The number of carboxylic acid groups (broad SMARTS) is 1. The van der Waals surface area contributed by atoms with E-state index in [2.05, 4.69) is 5.32 Å². The molecule has 0 spiro atoms. The Morgan fingerprint density at radius 3 is 2.81 bits per heavy atom. The molecule has 2 N–H and O–H groups in total. The molecule has 0 aliphatic carbocycles. The lowest BCUT2D eigenvalue weighted by atomic mass is 10.0. The smallest absolute Gasteiger partial charge is 0.324 e. The van der Waals surface area contributed by atoms with E-state index in [9.17, 15) is 14.7 Å². The second kappa shape index (κ2) is 5.73. The minimum Gasteiger partial charge on any atom is -0.481 e. The van der Waals surface area contributed by atoms with Gasteiger partial charge in [0.15, 0.2) is 0 Å². The summed E-state index contributed by atoms with van der Waals surface area (Å²) in [5, 5.41) is 12.6. The van der Waals surface area contributed by atoms with Crippen LogP contribution in [-0.2, 0) is 4.79 Å². The fourth-order valence-electron chi connectivity index (χ4n) is 3.01. The third-order valence-electron chi connectivity index (χ3n) is 4.11. The zero-order chi connectivity index (χ0) is 14.8. The molecule has 0 saturated carbocycles. The first-order valence-electron chi connectivity index (χ1n) is 7.27. The molecule has 3 rings (SSSR count). The van der Waals surface area contributed by atoms with Gasteiger partial charge in [0.2, 0.25) is 0 Å². The summed E-state index contributed by atoms with van der Waals surface area (Å²) in [5.74, 6) is -1.51. The van der Waals surface area contributed by atoms with Crippen LogP contribution in [0.4, 0.5) is 10.5 Å². The number of rotatable bonds is 1. The molecule has 2 heterocycles. The van der Waals surface area contributed by atoms with Gasteiger partial charge in [0.1, 0.15) is 5.92 Å². The number of anilines is 1. The van der Waals surface area contributed by atoms with Gasteiger partial charge in [-0.05, 0) is 24.6 Å². The molecule has 2 aliphatic heterocycles. The number of urea groups is 1. The van der Waals surface area contributed by atoms with E-state index in [4.69, 9.17) is 0 Å². The monoisotopic (exact) mass is 289 g/mol. The Kier molecular flexibility index (Phi) is 3.79. The minimum atomic E-state index is -0.879. The number of nitrogens with one attached hydrogen (secondary N) is 1. The SMILES string of the molecule is O=C(O)C1CN(C(=O)N2CCCNCC2)c2ccccc21. The largest absolute Gasteiger partial charge is 0.481 e.